The first-order chi connectivity index (χ1) is 5.41. The smallest absolute Gasteiger partial charge is 0.0772 e. The molecule has 0 aliphatic heterocycles. The Morgan fingerprint density at radius 1 is 1.33 bits per heavy atom. The van der Waals surface area contributed by atoms with Crippen LogP contribution in [0.3, 0.4) is 0 Å². The van der Waals surface area contributed by atoms with Gasteiger partial charge in [-0.2, -0.15) is 0 Å². The van der Waals surface area contributed by atoms with Gasteiger partial charge in [0.2, 0.25) is 0 Å². The fraction of sp³-hybridized carbons (Fsp3) is 0.600. The van der Waals surface area contributed by atoms with E-state index >= 15 is 0 Å². The zero-order chi connectivity index (χ0) is 9.78. The van der Waals surface area contributed by atoms with Crippen LogP contribution in [0, 0.1) is 0 Å². The van der Waals surface area contributed by atoms with E-state index in [2.05, 4.69) is 45.6 Å². The molecule has 0 bridgehead atoms. The van der Waals surface area contributed by atoms with Crippen molar-refractivity contribution in [3.05, 3.63) is 23.0 Å². The van der Waals surface area contributed by atoms with E-state index in [-0.39, 0.29) is 0 Å². The molecule has 12 heavy (non-hydrogen) atoms. The average molecular weight is 183 g/mol. The summed E-state index contributed by atoms with van der Waals surface area (Å²) in [6.45, 7) is 11.2. The van der Waals surface area contributed by atoms with Gasteiger partial charge in [0, 0.05) is 5.70 Å². The highest BCUT2D eigenvalue weighted by Gasteiger charge is 2.16. The van der Waals surface area contributed by atoms with Gasteiger partial charge in [0.1, 0.15) is 0 Å². The van der Waals surface area contributed by atoms with E-state index in [4.69, 9.17) is 5.73 Å². The van der Waals surface area contributed by atoms with Crippen molar-refractivity contribution in [3.63, 3.8) is 0 Å². The summed E-state index contributed by atoms with van der Waals surface area (Å²) >= 11 is 0. The third-order valence-electron chi connectivity index (χ3n) is 1.93. The molecule has 1 nitrogen and oxygen atoms in total. The predicted octanol–water partition coefficient (Wildman–Crippen LogP) is 3.06. The Morgan fingerprint density at radius 2 is 1.83 bits per heavy atom. The van der Waals surface area contributed by atoms with Crippen LogP contribution >= 0.6 is 0 Å². The van der Waals surface area contributed by atoms with Gasteiger partial charge in [0.25, 0.3) is 0 Å². The van der Waals surface area contributed by atoms with E-state index < -0.39 is 8.07 Å². The third kappa shape index (κ3) is 3.76. The van der Waals surface area contributed by atoms with Gasteiger partial charge in [-0.1, -0.05) is 37.8 Å². The lowest BCUT2D eigenvalue weighted by atomic mass is 10.3. The Morgan fingerprint density at radius 3 is 2.08 bits per heavy atom. The van der Waals surface area contributed by atoms with Gasteiger partial charge in [-0.15, -0.1) is 0 Å². The minimum Gasteiger partial charge on any atom is -0.402 e. The molecule has 0 unspecified atom stereocenters. The van der Waals surface area contributed by atoms with Gasteiger partial charge in [-0.05, 0) is 19.4 Å². The molecule has 2 N–H and O–H groups in total. The molecule has 0 aliphatic rings. The molecule has 0 radical (unpaired) electrons. The first-order valence-electron chi connectivity index (χ1n) is 4.54. The Kier molecular flexibility index (Phi) is 4.32. The van der Waals surface area contributed by atoms with E-state index in [1.807, 2.05) is 0 Å². The maximum absolute atomic E-state index is 5.79. The normalized spacial score (nSPS) is 15.1. The minimum absolute atomic E-state index is 0.946. The number of rotatable bonds is 3. The lowest BCUT2D eigenvalue weighted by molar-refractivity contribution is 1.07. The zero-order valence-electron chi connectivity index (χ0n) is 8.94. The number of hydrogen-bond donors (Lipinski definition) is 1. The molecule has 0 heterocycles. The Hall–Kier alpha value is -0.503. The Bertz CT molecular complexity index is 196. The van der Waals surface area contributed by atoms with E-state index in [9.17, 15) is 0 Å². The van der Waals surface area contributed by atoms with E-state index in [1.165, 1.54) is 5.20 Å². The minimum atomic E-state index is -1.16. The molecule has 0 aliphatic carbocycles. The highest BCUT2D eigenvalue weighted by molar-refractivity contribution is 6.83. The SMILES string of the molecule is C/C=C(\C=C(\N)CC)[Si](C)(C)C. The molecule has 0 saturated heterocycles. The molecule has 0 aromatic carbocycles. The van der Waals surface area contributed by atoms with Crippen LogP contribution in [-0.2, 0) is 0 Å². The molecule has 70 valence electrons. The first-order valence-corrected chi connectivity index (χ1v) is 8.04. The fourth-order valence-electron chi connectivity index (χ4n) is 1.03. The van der Waals surface area contributed by atoms with Crippen molar-refractivity contribution in [1.82, 2.24) is 0 Å². The molecule has 0 rings (SSSR count). The van der Waals surface area contributed by atoms with Gasteiger partial charge in [-0.3, -0.25) is 0 Å². The molecule has 0 spiro atoms. The van der Waals surface area contributed by atoms with E-state index in [0.717, 1.165) is 12.1 Å². The van der Waals surface area contributed by atoms with Crippen molar-refractivity contribution in [2.24, 2.45) is 5.73 Å². The van der Waals surface area contributed by atoms with Crippen LogP contribution in [0.25, 0.3) is 0 Å². The molecular formula is C10H21NSi. The second-order valence-electron chi connectivity index (χ2n) is 4.07. The summed E-state index contributed by atoms with van der Waals surface area (Å²) in [5.41, 5.74) is 6.78. The van der Waals surface area contributed by atoms with Crippen LogP contribution < -0.4 is 5.73 Å². The molecule has 0 aromatic rings. The first kappa shape index (κ1) is 11.5. The molecule has 0 aromatic heterocycles. The molecule has 2 heteroatoms. The van der Waals surface area contributed by atoms with Crippen LogP contribution in [-0.4, -0.2) is 8.07 Å². The summed E-state index contributed by atoms with van der Waals surface area (Å²) in [6.07, 6.45) is 5.28. The van der Waals surface area contributed by atoms with Crippen molar-refractivity contribution in [2.45, 2.75) is 39.9 Å². The van der Waals surface area contributed by atoms with Gasteiger partial charge in [0.05, 0.1) is 8.07 Å². The monoisotopic (exact) mass is 183 g/mol. The molecule has 0 saturated carbocycles. The molecule has 0 atom stereocenters. The predicted molar refractivity (Wildman–Crippen MR) is 59.7 cm³/mol. The topological polar surface area (TPSA) is 26.0 Å². The number of hydrogen-bond acceptors (Lipinski definition) is 1. The summed E-state index contributed by atoms with van der Waals surface area (Å²) in [7, 11) is -1.16. The maximum atomic E-state index is 5.79. The maximum Gasteiger partial charge on any atom is 0.0772 e. The summed E-state index contributed by atoms with van der Waals surface area (Å²) in [6, 6.07) is 0. The van der Waals surface area contributed by atoms with Crippen molar-refractivity contribution >= 4 is 8.07 Å². The van der Waals surface area contributed by atoms with E-state index in [0.29, 0.717) is 0 Å². The van der Waals surface area contributed by atoms with Gasteiger partial charge in [-0.25, -0.2) is 0 Å². The van der Waals surface area contributed by atoms with Gasteiger partial charge >= 0.3 is 0 Å². The van der Waals surface area contributed by atoms with Crippen LogP contribution in [0.4, 0.5) is 0 Å². The summed E-state index contributed by atoms with van der Waals surface area (Å²) in [5.74, 6) is 0. The van der Waals surface area contributed by atoms with Gasteiger partial charge < -0.3 is 5.73 Å². The lowest BCUT2D eigenvalue weighted by Crippen LogP contribution is -2.23. The molecular weight excluding hydrogens is 162 g/mol. The quantitative estimate of drug-likeness (QED) is 0.528. The second kappa shape index (κ2) is 4.50. The van der Waals surface area contributed by atoms with Crippen LogP contribution in [0.2, 0.25) is 19.6 Å². The van der Waals surface area contributed by atoms with Crippen molar-refractivity contribution in [1.29, 1.82) is 0 Å². The van der Waals surface area contributed by atoms with Crippen LogP contribution in [0.15, 0.2) is 23.0 Å². The molecule has 0 amide bonds. The van der Waals surface area contributed by atoms with Crippen molar-refractivity contribution in [3.8, 4) is 0 Å². The Balaban J connectivity index is 4.63. The van der Waals surface area contributed by atoms with Crippen molar-refractivity contribution < 1.29 is 0 Å². The summed E-state index contributed by atoms with van der Waals surface area (Å²) < 4.78 is 0. The summed E-state index contributed by atoms with van der Waals surface area (Å²) in [4.78, 5) is 0. The van der Waals surface area contributed by atoms with E-state index in [1.54, 1.807) is 0 Å². The second-order valence-corrected chi connectivity index (χ2v) is 9.14. The van der Waals surface area contributed by atoms with Crippen LogP contribution in [0.5, 0.6) is 0 Å². The number of nitrogens with two attached hydrogens (primary N) is 1. The van der Waals surface area contributed by atoms with Gasteiger partial charge in [0.15, 0.2) is 0 Å². The van der Waals surface area contributed by atoms with Crippen molar-refractivity contribution in [2.75, 3.05) is 0 Å². The largest absolute Gasteiger partial charge is 0.402 e. The fourth-order valence-corrected chi connectivity index (χ4v) is 2.52. The average Bonchev–Trinajstić information content (AvgIpc) is 1.97. The lowest BCUT2D eigenvalue weighted by Gasteiger charge is -2.18. The number of allylic oxidation sites excluding steroid dienone is 4. The third-order valence-corrected chi connectivity index (χ3v) is 4.09. The zero-order valence-corrected chi connectivity index (χ0v) is 9.94. The summed E-state index contributed by atoms with van der Waals surface area (Å²) in [5, 5.41) is 1.45. The highest BCUT2D eigenvalue weighted by Crippen LogP contribution is 2.16. The molecule has 0 fully saturated rings. The standard InChI is InChI=1S/C10H21NSi/c1-6-9(11)8-10(7-2)12(3,4)5/h7-8H,6,11H2,1-5H3/b9-8+,10-7+. The Labute approximate surface area is 77.4 Å². The highest BCUT2D eigenvalue weighted by atomic mass is 28.3. The van der Waals surface area contributed by atoms with Crippen LogP contribution in [0.1, 0.15) is 20.3 Å².